The summed E-state index contributed by atoms with van der Waals surface area (Å²) in [7, 11) is 0. The van der Waals surface area contributed by atoms with Crippen LogP contribution < -0.4 is 16.0 Å². The molecule has 0 aliphatic heterocycles. The number of nitrogens with one attached hydrogen (secondary N) is 3. The molecule has 1 aromatic rings. The van der Waals surface area contributed by atoms with Gasteiger partial charge in [-0.1, -0.05) is 44.2 Å². The molecule has 8 heteroatoms. The van der Waals surface area contributed by atoms with Crippen molar-refractivity contribution in [1.29, 1.82) is 0 Å². The Bertz CT molecular complexity index is 697. The fourth-order valence-electron chi connectivity index (χ4n) is 3.00. The fourth-order valence-corrected chi connectivity index (χ4v) is 3.47. The average Bonchev–Trinajstić information content (AvgIpc) is 2.70. The van der Waals surface area contributed by atoms with E-state index in [1.807, 2.05) is 50.4 Å². The van der Waals surface area contributed by atoms with Gasteiger partial charge >= 0.3 is 0 Å². The van der Waals surface area contributed by atoms with Gasteiger partial charge in [0.1, 0.15) is 12.1 Å². The van der Waals surface area contributed by atoms with Crippen molar-refractivity contribution in [2.24, 2.45) is 5.92 Å². The maximum atomic E-state index is 12.9. The van der Waals surface area contributed by atoms with Crippen LogP contribution in [0.25, 0.3) is 0 Å². The van der Waals surface area contributed by atoms with Crippen molar-refractivity contribution in [3.05, 3.63) is 35.9 Å². The van der Waals surface area contributed by atoms with Crippen molar-refractivity contribution >= 4 is 35.8 Å². The summed E-state index contributed by atoms with van der Waals surface area (Å²) in [5.74, 6) is -0.108. The average molecular weight is 436 g/mol. The molecule has 0 saturated heterocycles. The Kier molecular flexibility index (Phi) is 11.8. The van der Waals surface area contributed by atoms with Gasteiger partial charge in [0.25, 0.3) is 0 Å². The van der Waals surface area contributed by atoms with Gasteiger partial charge in [-0.3, -0.25) is 19.2 Å². The minimum atomic E-state index is -0.791. The van der Waals surface area contributed by atoms with Gasteiger partial charge in [-0.25, -0.2) is 0 Å². The molecule has 1 aromatic carbocycles. The van der Waals surface area contributed by atoms with Gasteiger partial charge in [-0.2, -0.15) is 11.8 Å². The molecule has 0 saturated carbocycles. The van der Waals surface area contributed by atoms with E-state index in [9.17, 15) is 19.2 Å². The molecule has 3 atom stereocenters. The number of rotatable bonds is 14. The number of benzene rings is 1. The van der Waals surface area contributed by atoms with Crippen LogP contribution in [0.3, 0.4) is 0 Å². The van der Waals surface area contributed by atoms with E-state index in [1.54, 1.807) is 11.8 Å². The van der Waals surface area contributed by atoms with Gasteiger partial charge < -0.3 is 16.0 Å². The first-order valence-corrected chi connectivity index (χ1v) is 11.5. The predicted octanol–water partition coefficient (Wildman–Crippen LogP) is 1.70. The second kappa shape index (κ2) is 13.8. The largest absolute Gasteiger partial charge is 0.347 e. The van der Waals surface area contributed by atoms with Crippen LogP contribution >= 0.6 is 11.8 Å². The number of amides is 3. The minimum absolute atomic E-state index is 0.148. The molecule has 0 aliphatic carbocycles. The van der Waals surface area contributed by atoms with E-state index in [0.717, 1.165) is 5.56 Å². The summed E-state index contributed by atoms with van der Waals surface area (Å²) < 4.78 is 0. The highest BCUT2D eigenvalue weighted by atomic mass is 32.2. The van der Waals surface area contributed by atoms with E-state index in [4.69, 9.17) is 0 Å². The molecule has 0 spiro atoms. The van der Waals surface area contributed by atoms with Crippen LogP contribution in [-0.4, -0.2) is 54.1 Å². The summed E-state index contributed by atoms with van der Waals surface area (Å²) in [6, 6.07) is 7.28. The zero-order chi connectivity index (χ0) is 22.5. The van der Waals surface area contributed by atoms with Crippen molar-refractivity contribution in [1.82, 2.24) is 16.0 Å². The number of thioether (sulfide) groups is 1. The Morgan fingerprint density at radius 3 is 2.13 bits per heavy atom. The first-order valence-electron chi connectivity index (χ1n) is 10.1. The van der Waals surface area contributed by atoms with Crippen LogP contribution in [0, 0.1) is 5.92 Å². The van der Waals surface area contributed by atoms with E-state index in [1.165, 1.54) is 6.92 Å². The molecule has 166 valence electrons. The standard InChI is InChI=1S/C22H33N3O4S/c1-15(2)12-20(25-21(28)18(23-14-26)10-11-30-4)22(29)24-19(16(3)27)13-17-8-6-5-7-9-17/h5-9,14-15,18-20H,10-13H2,1-4H3,(H,23,26)(H,24,29)(H,25,28)/t18-,19-,20?/m0/s1. The SMILES string of the molecule is CSCC[C@H](NC=O)C(=O)NC(CC(C)C)C(=O)N[C@@H](Cc1ccccc1)C(C)=O. The van der Waals surface area contributed by atoms with Crippen LogP contribution in [0.5, 0.6) is 0 Å². The zero-order valence-electron chi connectivity index (χ0n) is 18.1. The molecule has 0 heterocycles. The molecule has 30 heavy (non-hydrogen) atoms. The monoisotopic (exact) mass is 435 g/mol. The van der Waals surface area contributed by atoms with Gasteiger partial charge in [-0.05, 0) is 49.7 Å². The number of hydrogen-bond acceptors (Lipinski definition) is 5. The molecule has 3 amide bonds. The maximum absolute atomic E-state index is 12.9. The normalized spacial score (nSPS) is 13.8. The Labute approximate surface area is 183 Å². The number of Topliss-reactive ketones (excluding diaryl/α,β-unsaturated/α-hetero) is 1. The Hall–Kier alpha value is -2.35. The molecular weight excluding hydrogens is 402 g/mol. The Morgan fingerprint density at radius 2 is 1.60 bits per heavy atom. The lowest BCUT2D eigenvalue weighted by Gasteiger charge is -2.25. The van der Waals surface area contributed by atoms with E-state index >= 15 is 0 Å². The third-order valence-corrected chi connectivity index (χ3v) is 5.27. The molecule has 0 fully saturated rings. The van der Waals surface area contributed by atoms with Crippen molar-refractivity contribution in [2.45, 2.75) is 58.2 Å². The minimum Gasteiger partial charge on any atom is -0.347 e. The highest BCUT2D eigenvalue weighted by Crippen LogP contribution is 2.09. The van der Waals surface area contributed by atoms with Gasteiger partial charge in [0.15, 0.2) is 5.78 Å². The second-order valence-electron chi connectivity index (χ2n) is 7.67. The van der Waals surface area contributed by atoms with E-state index in [0.29, 0.717) is 31.4 Å². The quantitative estimate of drug-likeness (QED) is 0.386. The van der Waals surface area contributed by atoms with Crippen molar-refractivity contribution < 1.29 is 19.2 Å². The predicted molar refractivity (Wildman–Crippen MR) is 120 cm³/mol. The summed E-state index contributed by atoms with van der Waals surface area (Å²) in [5.41, 5.74) is 0.940. The first kappa shape index (κ1) is 25.7. The fraction of sp³-hybridized carbons (Fsp3) is 0.545. The van der Waals surface area contributed by atoms with Gasteiger partial charge in [0.05, 0.1) is 6.04 Å². The first-order chi connectivity index (χ1) is 14.3. The second-order valence-corrected chi connectivity index (χ2v) is 8.66. The molecule has 1 rings (SSSR count). The van der Waals surface area contributed by atoms with Gasteiger partial charge in [0.2, 0.25) is 18.2 Å². The topological polar surface area (TPSA) is 104 Å². The molecule has 0 bridgehead atoms. The van der Waals surface area contributed by atoms with Crippen molar-refractivity contribution in [3.8, 4) is 0 Å². The van der Waals surface area contributed by atoms with Crippen molar-refractivity contribution in [3.63, 3.8) is 0 Å². The lowest BCUT2D eigenvalue weighted by Crippen LogP contribution is -2.55. The molecule has 7 nitrogen and oxygen atoms in total. The van der Waals surface area contributed by atoms with E-state index < -0.39 is 29.9 Å². The molecule has 0 aromatic heterocycles. The smallest absolute Gasteiger partial charge is 0.243 e. The van der Waals surface area contributed by atoms with E-state index in [2.05, 4.69) is 16.0 Å². The zero-order valence-corrected chi connectivity index (χ0v) is 19.0. The number of carbonyl (C=O) groups excluding carboxylic acids is 4. The molecular formula is C22H33N3O4S. The number of ketones is 1. The Balaban J connectivity index is 2.88. The summed E-state index contributed by atoms with van der Waals surface area (Å²) in [4.78, 5) is 48.6. The van der Waals surface area contributed by atoms with Gasteiger partial charge in [0, 0.05) is 0 Å². The van der Waals surface area contributed by atoms with E-state index in [-0.39, 0.29) is 11.7 Å². The molecule has 1 unspecified atom stereocenters. The lowest BCUT2D eigenvalue weighted by molar-refractivity contribution is -0.132. The van der Waals surface area contributed by atoms with Crippen LogP contribution in [-0.2, 0) is 25.6 Å². The summed E-state index contributed by atoms with van der Waals surface area (Å²) in [6.45, 7) is 5.35. The van der Waals surface area contributed by atoms with Gasteiger partial charge in [-0.15, -0.1) is 0 Å². The highest BCUT2D eigenvalue weighted by molar-refractivity contribution is 7.98. The van der Waals surface area contributed by atoms with Crippen LogP contribution in [0.15, 0.2) is 30.3 Å². The summed E-state index contributed by atoms with van der Waals surface area (Å²) in [5, 5.41) is 8.06. The van der Waals surface area contributed by atoms with Crippen LogP contribution in [0.4, 0.5) is 0 Å². The molecule has 0 radical (unpaired) electrons. The number of carbonyl (C=O) groups is 4. The maximum Gasteiger partial charge on any atom is 0.243 e. The van der Waals surface area contributed by atoms with Crippen LogP contribution in [0.2, 0.25) is 0 Å². The summed E-state index contributed by atoms with van der Waals surface area (Å²) >= 11 is 1.57. The van der Waals surface area contributed by atoms with Crippen LogP contribution in [0.1, 0.15) is 39.2 Å². The van der Waals surface area contributed by atoms with Crippen molar-refractivity contribution in [2.75, 3.05) is 12.0 Å². The lowest BCUT2D eigenvalue weighted by atomic mass is 9.99. The summed E-state index contributed by atoms with van der Waals surface area (Å²) in [6.07, 6.45) is 3.68. The molecule has 0 aliphatic rings. The Morgan fingerprint density at radius 1 is 1.00 bits per heavy atom. The molecule has 3 N–H and O–H groups in total. The number of hydrogen-bond donors (Lipinski definition) is 3. The third kappa shape index (κ3) is 9.43. The third-order valence-electron chi connectivity index (χ3n) is 4.63. The highest BCUT2D eigenvalue weighted by Gasteiger charge is 2.28.